The Morgan fingerprint density at radius 2 is 2.13 bits per heavy atom. The molecule has 1 aliphatic rings. The average Bonchev–Trinajstić information content (AvgIpc) is 2.98. The summed E-state index contributed by atoms with van der Waals surface area (Å²) in [4.78, 5) is 24.0. The number of nitrogens with one attached hydrogen (secondary N) is 1. The van der Waals surface area contributed by atoms with E-state index in [1.165, 1.54) is 0 Å². The van der Waals surface area contributed by atoms with Crippen LogP contribution in [-0.2, 0) is 4.79 Å². The molecule has 2 amide bonds. The molecule has 0 aromatic heterocycles. The lowest BCUT2D eigenvalue weighted by Gasteiger charge is -2.20. The molecule has 0 aliphatic heterocycles. The third kappa shape index (κ3) is 3.42. The molecule has 0 spiro atoms. The van der Waals surface area contributed by atoms with Gasteiger partial charge < -0.3 is 15.3 Å². The molecule has 5 heteroatoms. The maximum absolute atomic E-state index is 11.6. The van der Waals surface area contributed by atoms with Crippen molar-refractivity contribution >= 4 is 12.0 Å². The van der Waals surface area contributed by atoms with Crippen LogP contribution in [0.3, 0.4) is 0 Å². The largest absolute Gasteiger partial charge is 0.480 e. The third-order valence-electron chi connectivity index (χ3n) is 2.59. The Hall–Kier alpha value is -1.26. The van der Waals surface area contributed by atoms with Crippen molar-refractivity contribution < 1.29 is 14.7 Å². The molecule has 0 bridgehead atoms. The smallest absolute Gasteiger partial charge is 0.326 e. The lowest BCUT2D eigenvalue weighted by atomic mass is 10.2. The van der Waals surface area contributed by atoms with Crippen LogP contribution in [0.15, 0.2) is 0 Å². The molecule has 0 aromatic carbocycles. The van der Waals surface area contributed by atoms with E-state index in [0.29, 0.717) is 12.5 Å². The molecule has 0 saturated heterocycles. The van der Waals surface area contributed by atoms with Gasteiger partial charge in [-0.3, -0.25) is 0 Å². The number of carboxylic acids is 1. The summed E-state index contributed by atoms with van der Waals surface area (Å²) in [6.45, 7) is 1.90. The van der Waals surface area contributed by atoms with Crippen LogP contribution >= 0.6 is 0 Å². The predicted octanol–water partition coefficient (Wildman–Crippen LogP) is 1.04. The molecular formula is C10H18N2O3. The van der Waals surface area contributed by atoms with Gasteiger partial charge in [0.25, 0.3) is 0 Å². The summed E-state index contributed by atoms with van der Waals surface area (Å²) in [6.07, 6.45) is 3.26. The molecule has 15 heavy (non-hydrogen) atoms. The standard InChI is InChI=1S/C10H18N2O3/c1-3-4-8(9(13)14)11-10(15)12(2)7-5-6-7/h7-8H,3-6H2,1-2H3,(H,11,15)(H,13,14)/t8-/m1/s1. The van der Waals surface area contributed by atoms with Crippen LogP contribution in [0, 0.1) is 0 Å². The van der Waals surface area contributed by atoms with Crippen molar-refractivity contribution in [1.29, 1.82) is 0 Å². The summed E-state index contributed by atoms with van der Waals surface area (Å²) in [7, 11) is 1.71. The van der Waals surface area contributed by atoms with Crippen molar-refractivity contribution in [1.82, 2.24) is 10.2 Å². The number of nitrogens with zero attached hydrogens (tertiary/aromatic N) is 1. The van der Waals surface area contributed by atoms with Crippen LogP contribution in [-0.4, -0.2) is 41.1 Å². The van der Waals surface area contributed by atoms with Gasteiger partial charge in [-0.15, -0.1) is 0 Å². The first kappa shape index (κ1) is 11.8. The Labute approximate surface area is 89.4 Å². The Morgan fingerprint density at radius 1 is 1.53 bits per heavy atom. The first-order valence-corrected chi connectivity index (χ1v) is 5.32. The minimum absolute atomic E-state index is 0.279. The van der Waals surface area contributed by atoms with Gasteiger partial charge in [0.1, 0.15) is 6.04 Å². The Kier molecular flexibility index (Phi) is 3.94. The topological polar surface area (TPSA) is 69.6 Å². The van der Waals surface area contributed by atoms with Crippen molar-refractivity contribution in [3.8, 4) is 0 Å². The highest BCUT2D eigenvalue weighted by Crippen LogP contribution is 2.25. The molecule has 5 nitrogen and oxygen atoms in total. The van der Waals surface area contributed by atoms with E-state index < -0.39 is 12.0 Å². The highest BCUT2D eigenvalue weighted by Gasteiger charge is 2.31. The lowest BCUT2D eigenvalue weighted by Crippen LogP contribution is -2.47. The van der Waals surface area contributed by atoms with Gasteiger partial charge in [0.2, 0.25) is 0 Å². The number of carbonyl (C=O) groups is 2. The van der Waals surface area contributed by atoms with Gasteiger partial charge in [0.05, 0.1) is 0 Å². The molecule has 0 aromatic rings. The van der Waals surface area contributed by atoms with E-state index in [1.54, 1.807) is 11.9 Å². The third-order valence-corrected chi connectivity index (χ3v) is 2.59. The minimum atomic E-state index is -0.964. The molecule has 1 fully saturated rings. The quantitative estimate of drug-likeness (QED) is 0.718. The van der Waals surface area contributed by atoms with E-state index in [4.69, 9.17) is 5.11 Å². The van der Waals surface area contributed by atoms with Gasteiger partial charge in [0.15, 0.2) is 0 Å². The maximum atomic E-state index is 11.6. The first-order chi connectivity index (χ1) is 7.06. The summed E-state index contributed by atoms with van der Waals surface area (Å²) >= 11 is 0. The van der Waals surface area contributed by atoms with E-state index in [-0.39, 0.29) is 6.03 Å². The summed E-state index contributed by atoms with van der Waals surface area (Å²) < 4.78 is 0. The molecule has 2 N–H and O–H groups in total. The Morgan fingerprint density at radius 3 is 2.53 bits per heavy atom. The second kappa shape index (κ2) is 5.00. The van der Waals surface area contributed by atoms with Crippen LogP contribution in [0.1, 0.15) is 32.6 Å². The molecule has 1 rings (SSSR count). The lowest BCUT2D eigenvalue weighted by molar-refractivity contribution is -0.139. The van der Waals surface area contributed by atoms with Gasteiger partial charge in [0, 0.05) is 13.1 Å². The summed E-state index contributed by atoms with van der Waals surface area (Å²) in [5, 5.41) is 11.4. The van der Waals surface area contributed by atoms with Crippen LogP contribution < -0.4 is 5.32 Å². The minimum Gasteiger partial charge on any atom is -0.480 e. The molecule has 1 atom stereocenters. The number of carbonyl (C=O) groups excluding carboxylic acids is 1. The number of carboxylic acid groups (broad SMARTS) is 1. The Bertz CT molecular complexity index is 251. The normalized spacial score (nSPS) is 16.9. The molecule has 1 saturated carbocycles. The maximum Gasteiger partial charge on any atom is 0.326 e. The summed E-state index contributed by atoms with van der Waals surface area (Å²) in [6, 6.07) is -0.733. The zero-order chi connectivity index (χ0) is 11.4. The van der Waals surface area contributed by atoms with E-state index in [0.717, 1.165) is 19.3 Å². The number of urea groups is 1. The van der Waals surface area contributed by atoms with Crippen molar-refractivity contribution in [3.63, 3.8) is 0 Å². The molecular weight excluding hydrogens is 196 g/mol. The fourth-order valence-corrected chi connectivity index (χ4v) is 1.42. The fraction of sp³-hybridized carbons (Fsp3) is 0.800. The SMILES string of the molecule is CCC[C@@H](NC(=O)N(C)C1CC1)C(=O)O. The second-order valence-corrected chi connectivity index (χ2v) is 3.97. The van der Waals surface area contributed by atoms with Crippen molar-refractivity contribution in [2.24, 2.45) is 0 Å². The summed E-state index contributed by atoms with van der Waals surface area (Å²) in [5.74, 6) is -0.964. The molecule has 86 valence electrons. The number of hydrogen-bond donors (Lipinski definition) is 2. The molecule has 1 aliphatic carbocycles. The van der Waals surface area contributed by atoms with Gasteiger partial charge in [-0.1, -0.05) is 13.3 Å². The van der Waals surface area contributed by atoms with E-state index in [2.05, 4.69) is 5.32 Å². The summed E-state index contributed by atoms with van der Waals surface area (Å²) in [5.41, 5.74) is 0. The van der Waals surface area contributed by atoms with Crippen molar-refractivity contribution in [2.75, 3.05) is 7.05 Å². The van der Waals surface area contributed by atoms with Crippen LogP contribution in [0.25, 0.3) is 0 Å². The van der Waals surface area contributed by atoms with Crippen molar-refractivity contribution in [2.45, 2.75) is 44.7 Å². The Balaban J connectivity index is 2.42. The number of hydrogen-bond acceptors (Lipinski definition) is 2. The van der Waals surface area contributed by atoms with Gasteiger partial charge in [-0.05, 0) is 19.3 Å². The monoisotopic (exact) mass is 214 g/mol. The number of aliphatic carboxylic acids is 1. The van der Waals surface area contributed by atoms with Crippen LogP contribution in [0.4, 0.5) is 4.79 Å². The van der Waals surface area contributed by atoms with E-state index >= 15 is 0 Å². The van der Waals surface area contributed by atoms with Crippen LogP contribution in [0.2, 0.25) is 0 Å². The molecule has 0 unspecified atom stereocenters. The van der Waals surface area contributed by atoms with Gasteiger partial charge >= 0.3 is 12.0 Å². The zero-order valence-electron chi connectivity index (χ0n) is 9.19. The highest BCUT2D eigenvalue weighted by molar-refractivity contribution is 5.82. The van der Waals surface area contributed by atoms with E-state index in [9.17, 15) is 9.59 Å². The molecule has 0 heterocycles. The van der Waals surface area contributed by atoms with Crippen LogP contribution in [0.5, 0.6) is 0 Å². The number of amides is 2. The zero-order valence-corrected chi connectivity index (χ0v) is 9.19. The fourth-order valence-electron chi connectivity index (χ4n) is 1.42. The predicted molar refractivity (Wildman–Crippen MR) is 55.6 cm³/mol. The van der Waals surface area contributed by atoms with Crippen molar-refractivity contribution in [3.05, 3.63) is 0 Å². The second-order valence-electron chi connectivity index (χ2n) is 3.97. The van der Waals surface area contributed by atoms with Gasteiger partial charge in [-0.2, -0.15) is 0 Å². The van der Waals surface area contributed by atoms with E-state index in [1.807, 2.05) is 6.92 Å². The first-order valence-electron chi connectivity index (χ1n) is 5.32. The number of rotatable bonds is 5. The van der Waals surface area contributed by atoms with Gasteiger partial charge in [-0.25, -0.2) is 9.59 Å². The molecule has 0 radical (unpaired) electrons. The average molecular weight is 214 g/mol. The highest BCUT2D eigenvalue weighted by atomic mass is 16.4.